The van der Waals surface area contributed by atoms with E-state index in [1.165, 1.54) is 0 Å². The molecule has 9 heteroatoms. The van der Waals surface area contributed by atoms with E-state index in [9.17, 15) is 9.59 Å². The third-order valence-corrected chi connectivity index (χ3v) is 3.13. The van der Waals surface area contributed by atoms with Gasteiger partial charge in [-0.3, -0.25) is 9.59 Å². The largest absolute Gasteiger partial charge is 0.396 e. The van der Waals surface area contributed by atoms with Gasteiger partial charge in [0, 0.05) is 58.2 Å². The van der Waals surface area contributed by atoms with Crippen molar-refractivity contribution >= 4 is 11.7 Å². The van der Waals surface area contributed by atoms with Gasteiger partial charge < -0.3 is 29.4 Å². The molecule has 0 heterocycles. The Morgan fingerprint density at radius 1 is 0.885 bits per heavy atom. The zero-order valence-corrected chi connectivity index (χ0v) is 18.9. The molecule has 0 rings (SSSR count). The Bertz CT molecular complexity index is 343. The van der Waals surface area contributed by atoms with Crippen LogP contribution >= 0.6 is 0 Å². The van der Waals surface area contributed by atoms with Gasteiger partial charge in [0.25, 0.3) is 0 Å². The van der Waals surface area contributed by atoms with E-state index in [0.717, 1.165) is 0 Å². The van der Waals surface area contributed by atoms with Gasteiger partial charge in [0.15, 0.2) is 5.78 Å². The topological polar surface area (TPSA) is 103 Å². The first-order valence-electron chi connectivity index (χ1n) is 8.79. The Labute approximate surface area is 181 Å². The molecule has 0 saturated carbocycles. The van der Waals surface area contributed by atoms with Crippen LogP contribution in [0, 0.1) is 5.92 Å². The van der Waals surface area contributed by atoms with Crippen LogP contribution in [0.25, 0.3) is 0 Å². The number of Topliss-reactive ketones (excluding diaryl/α,β-unsaturated/α-hetero) is 1. The molecule has 0 aromatic rings. The monoisotopic (exact) mass is 452 g/mol. The van der Waals surface area contributed by atoms with Crippen molar-refractivity contribution in [3.63, 3.8) is 0 Å². The van der Waals surface area contributed by atoms with Crippen LogP contribution in [0.2, 0.25) is 0 Å². The number of hydrogen-bond donors (Lipinski definition) is 2. The number of aliphatic hydroxyl groups excluding tert-OH is 1. The number of aliphatic hydroxyl groups is 1. The summed E-state index contributed by atoms with van der Waals surface area (Å²) < 4.78 is 21.2. The predicted molar refractivity (Wildman–Crippen MR) is 92.5 cm³/mol. The van der Waals surface area contributed by atoms with Crippen LogP contribution in [0.3, 0.4) is 0 Å². The molecule has 0 aliphatic carbocycles. The smallest absolute Gasteiger partial charge is 0.220 e. The van der Waals surface area contributed by atoms with Crippen molar-refractivity contribution in [1.82, 2.24) is 5.32 Å². The maximum atomic E-state index is 11.3. The molecule has 0 saturated heterocycles. The number of rotatable bonds is 18. The van der Waals surface area contributed by atoms with Gasteiger partial charge in [0.05, 0.1) is 46.2 Å². The van der Waals surface area contributed by atoms with Gasteiger partial charge in [-0.2, -0.15) is 0 Å². The van der Waals surface area contributed by atoms with E-state index in [0.29, 0.717) is 65.6 Å². The van der Waals surface area contributed by atoms with Gasteiger partial charge in [-0.05, 0) is 6.42 Å². The summed E-state index contributed by atoms with van der Waals surface area (Å²) in [6, 6.07) is 0. The normalized spacial score (nSPS) is 10.6. The Morgan fingerprint density at radius 3 is 1.88 bits per heavy atom. The van der Waals surface area contributed by atoms with Crippen LogP contribution in [-0.2, 0) is 61.2 Å². The Balaban J connectivity index is 0. The summed E-state index contributed by atoms with van der Waals surface area (Å²) in [4.78, 5) is 22.5. The molecule has 0 atom stereocenters. The van der Waals surface area contributed by atoms with E-state index >= 15 is 0 Å². The van der Waals surface area contributed by atoms with Crippen molar-refractivity contribution in [2.75, 3.05) is 66.0 Å². The molecule has 0 aliphatic rings. The van der Waals surface area contributed by atoms with Crippen LogP contribution in [0.5, 0.6) is 0 Å². The van der Waals surface area contributed by atoms with E-state index in [-0.39, 0.29) is 63.5 Å². The van der Waals surface area contributed by atoms with Crippen molar-refractivity contribution in [3.05, 3.63) is 0 Å². The van der Waals surface area contributed by atoms with E-state index in [4.69, 9.17) is 24.1 Å². The second-order valence-electron chi connectivity index (χ2n) is 5.69. The van der Waals surface area contributed by atoms with Gasteiger partial charge in [-0.1, -0.05) is 13.8 Å². The summed E-state index contributed by atoms with van der Waals surface area (Å²) in [6.45, 7) is 7.39. The van der Waals surface area contributed by atoms with Gasteiger partial charge >= 0.3 is 0 Å². The van der Waals surface area contributed by atoms with Crippen LogP contribution in [0.4, 0.5) is 0 Å². The van der Waals surface area contributed by atoms with Crippen LogP contribution < -0.4 is 5.32 Å². The first-order chi connectivity index (χ1) is 12.1. The summed E-state index contributed by atoms with van der Waals surface area (Å²) in [6.07, 6.45) is 0.809. The number of carbonyl (C=O) groups is 2. The second-order valence-corrected chi connectivity index (χ2v) is 5.69. The first-order valence-corrected chi connectivity index (χ1v) is 8.79. The molecule has 0 aromatic carbocycles. The van der Waals surface area contributed by atoms with Gasteiger partial charge in [-0.15, -0.1) is 0 Å². The van der Waals surface area contributed by atoms with E-state index in [1.807, 2.05) is 13.8 Å². The van der Waals surface area contributed by atoms with Crippen LogP contribution in [0.15, 0.2) is 0 Å². The molecule has 1 amide bonds. The Kier molecular flexibility index (Phi) is 23.2. The predicted octanol–water partition coefficient (Wildman–Crippen LogP) is 0.164. The van der Waals surface area contributed by atoms with Crippen LogP contribution in [0.1, 0.15) is 26.7 Å². The zero-order valence-electron chi connectivity index (χ0n) is 16.0. The summed E-state index contributed by atoms with van der Waals surface area (Å²) in [5.41, 5.74) is 0. The zero-order chi connectivity index (χ0) is 18.8. The molecule has 0 aliphatic heterocycles. The minimum atomic E-state index is -0.0800. The number of amides is 1. The molecule has 26 heavy (non-hydrogen) atoms. The fraction of sp³-hybridized carbons (Fsp3) is 0.882. The molecule has 0 unspecified atom stereocenters. The molecular formula is C17H33NO7Y. The summed E-state index contributed by atoms with van der Waals surface area (Å²) >= 11 is 0. The van der Waals surface area contributed by atoms with E-state index < -0.39 is 0 Å². The standard InChI is InChI=1S/C17H33NO7.Y/c1-15(2)16(20)14-25-13-12-24-11-10-23-9-8-22-7-5-18-17(21)4-3-6-19;/h15,19H,3-14H2,1-2H3,(H,18,21);. The van der Waals surface area contributed by atoms with Gasteiger partial charge in [0.1, 0.15) is 6.61 Å². The summed E-state index contributed by atoms with van der Waals surface area (Å²) in [5, 5.41) is 11.3. The maximum absolute atomic E-state index is 11.3. The number of ether oxygens (including phenoxy) is 4. The Morgan fingerprint density at radius 2 is 1.38 bits per heavy atom. The molecule has 2 N–H and O–H groups in total. The number of carbonyl (C=O) groups excluding carboxylic acids is 2. The molecular weight excluding hydrogens is 419 g/mol. The van der Waals surface area contributed by atoms with Crippen molar-refractivity contribution in [1.29, 1.82) is 0 Å². The average molecular weight is 452 g/mol. The third-order valence-electron chi connectivity index (χ3n) is 3.13. The Hall–Kier alpha value is 0.0439. The number of hydrogen-bond acceptors (Lipinski definition) is 7. The van der Waals surface area contributed by atoms with Crippen molar-refractivity contribution in [3.8, 4) is 0 Å². The molecule has 0 bridgehead atoms. The minimum absolute atomic E-state index is 0. The van der Waals surface area contributed by atoms with Crippen molar-refractivity contribution in [2.24, 2.45) is 5.92 Å². The number of ketones is 1. The third kappa shape index (κ3) is 20.4. The van der Waals surface area contributed by atoms with Crippen LogP contribution in [-0.4, -0.2) is 82.8 Å². The number of nitrogens with one attached hydrogen (secondary N) is 1. The van der Waals surface area contributed by atoms with E-state index in [2.05, 4.69) is 5.32 Å². The molecule has 0 fully saturated rings. The van der Waals surface area contributed by atoms with Crippen molar-refractivity contribution in [2.45, 2.75) is 26.7 Å². The van der Waals surface area contributed by atoms with Gasteiger partial charge in [-0.25, -0.2) is 0 Å². The first kappa shape index (κ1) is 28.3. The van der Waals surface area contributed by atoms with Crippen molar-refractivity contribution < 1.29 is 66.4 Å². The molecule has 0 aromatic heterocycles. The minimum Gasteiger partial charge on any atom is -0.396 e. The summed E-state index contributed by atoms with van der Waals surface area (Å²) in [5.74, 6) is 0.00993. The maximum Gasteiger partial charge on any atom is 0.220 e. The molecule has 0 spiro atoms. The quantitative estimate of drug-likeness (QED) is 0.286. The molecule has 8 nitrogen and oxygen atoms in total. The summed E-state index contributed by atoms with van der Waals surface area (Å²) in [7, 11) is 0. The fourth-order valence-electron chi connectivity index (χ4n) is 1.59. The molecule has 151 valence electrons. The fourth-order valence-corrected chi connectivity index (χ4v) is 1.59. The second kappa shape index (κ2) is 21.3. The van der Waals surface area contributed by atoms with Gasteiger partial charge in [0.2, 0.25) is 5.91 Å². The SMILES string of the molecule is CC(C)C(=O)COCCOCCOCCOCCNC(=O)CCCO.[Y]. The van der Waals surface area contributed by atoms with E-state index in [1.54, 1.807) is 0 Å². The average Bonchev–Trinajstić information content (AvgIpc) is 2.59. The molecule has 1 radical (unpaired) electrons.